The minimum atomic E-state index is -0.226. The number of hydrogen-bond acceptors (Lipinski definition) is 3. The largest absolute Gasteiger partial charge is 0.394 e. The zero-order valence-electron chi connectivity index (χ0n) is 11.9. The summed E-state index contributed by atoms with van der Waals surface area (Å²) in [4.78, 5) is 4.45. The lowest BCUT2D eigenvalue weighted by Gasteiger charge is -2.35. The number of aliphatic hydroxyl groups is 1. The minimum absolute atomic E-state index is 0.0530. The van der Waals surface area contributed by atoms with Crippen LogP contribution in [0.15, 0.2) is 24.3 Å². The Labute approximate surface area is 114 Å². The van der Waals surface area contributed by atoms with E-state index in [4.69, 9.17) is 0 Å². The Bertz CT molecular complexity index is 419. The Kier molecular flexibility index (Phi) is 4.11. The monoisotopic (exact) mass is 266 g/mol. The molecule has 0 saturated carbocycles. The summed E-state index contributed by atoms with van der Waals surface area (Å²) in [6.45, 7) is 7.21. The average Bonchev–Trinajstić information content (AvgIpc) is 2.45. The van der Waals surface area contributed by atoms with E-state index in [0.717, 1.165) is 25.3 Å². The van der Waals surface area contributed by atoms with Gasteiger partial charge in [0.15, 0.2) is 0 Å². The van der Waals surface area contributed by atoms with Crippen LogP contribution >= 0.6 is 0 Å². The van der Waals surface area contributed by atoms with Crippen LogP contribution in [-0.4, -0.2) is 49.3 Å². The summed E-state index contributed by atoms with van der Waals surface area (Å²) in [5.74, 6) is -0.226. The Morgan fingerprint density at radius 1 is 1.26 bits per heavy atom. The van der Waals surface area contributed by atoms with Gasteiger partial charge in [0.05, 0.1) is 12.6 Å². The first-order valence-electron chi connectivity index (χ1n) is 6.73. The predicted molar refractivity (Wildman–Crippen MR) is 75.9 cm³/mol. The number of rotatable bonds is 2. The summed E-state index contributed by atoms with van der Waals surface area (Å²) in [6.07, 6.45) is 0. The highest BCUT2D eigenvalue weighted by molar-refractivity contribution is 5.48. The molecule has 1 atom stereocenters. The molecule has 1 aromatic carbocycles. The van der Waals surface area contributed by atoms with Crippen LogP contribution in [0.1, 0.15) is 13.8 Å². The fourth-order valence-electron chi connectivity index (χ4n) is 2.98. The summed E-state index contributed by atoms with van der Waals surface area (Å²) >= 11 is 0. The van der Waals surface area contributed by atoms with Crippen molar-refractivity contribution in [2.75, 3.05) is 38.2 Å². The summed E-state index contributed by atoms with van der Waals surface area (Å²) in [5.41, 5.74) is 1.11. The molecule has 0 bridgehead atoms. The third-order valence-electron chi connectivity index (χ3n) is 3.63. The fourth-order valence-corrected chi connectivity index (χ4v) is 2.98. The second-order valence-electron chi connectivity index (χ2n) is 6.30. The molecule has 1 fully saturated rings. The van der Waals surface area contributed by atoms with E-state index >= 15 is 0 Å². The molecule has 1 N–H and O–H groups in total. The first-order valence-corrected chi connectivity index (χ1v) is 6.73. The number of nitrogens with zero attached hydrogens (tertiary/aromatic N) is 2. The summed E-state index contributed by atoms with van der Waals surface area (Å²) in [7, 11) is 2.08. The molecule has 0 aliphatic carbocycles. The van der Waals surface area contributed by atoms with Crippen LogP contribution in [0.2, 0.25) is 0 Å². The van der Waals surface area contributed by atoms with Gasteiger partial charge in [-0.2, -0.15) is 0 Å². The molecule has 1 heterocycles. The summed E-state index contributed by atoms with van der Waals surface area (Å²) in [5, 5.41) is 9.65. The van der Waals surface area contributed by atoms with Gasteiger partial charge in [-0.15, -0.1) is 0 Å². The van der Waals surface area contributed by atoms with Gasteiger partial charge in [-0.25, -0.2) is 4.39 Å². The molecule has 0 spiro atoms. The van der Waals surface area contributed by atoms with Crippen molar-refractivity contribution < 1.29 is 9.50 Å². The van der Waals surface area contributed by atoms with Crippen LogP contribution in [0, 0.1) is 11.2 Å². The van der Waals surface area contributed by atoms with E-state index in [9.17, 15) is 9.50 Å². The van der Waals surface area contributed by atoms with E-state index in [1.165, 1.54) is 12.1 Å². The maximum Gasteiger partial charge on any atom is 0.123 e. The van der Waals surface area contributed by atoms with Gasteiger partial charge >= 0.3 is 0 Å². The van der Waals surface area contributed by atoms with E-state index in [-0.39, 0.29) is 23.9 Å². The molecule has 1 aromatic rings. The van der Waals surface area contributed by atoms with Crippen molar-refractivity contribution in [1.82, 2.24) is 4.90 Å². The van der Waals surface area contributed by atoms with Crippen LogP contribution in [0.3, 0.4) is 0 Å². The van der Waals surface area contributed by atoms with E-state index in [2.05, 4.69) is 30.7 Å². The quantitative estimate of drug-likeness (QED) is 0.886. The normalized spacial score (nSPS) is 24.3. The summed E-state index contributed by atoms with van der Waals surface area (Å²) < 4.78 is 13.1. The standard InChI is InChI=1S/C15H23FN2O/c1-15(2)10-17(3)8-14(9-19)18(11-15)13-6-4-12(16)5-7-13/h4-7,14,19H,8-11H2,1-3H3. The van der Waals surface area contributed by atoms with Gasteiger partial charge in [-0.3, -0.25) is 0 Å². The molecule has 3 nitrogen and oxygen atoms in total. The van der Waals surface area contributed by atoms with Gasteiger partial charge in [0.25, 0.3) is 0 Å². The Hall–Kier alpha value is -1.13. The molecule has 2 rings (SSSR count). The zero-order chi connectivity index (χ0) is 14.0. The van der Waals surface area contributed by atoms with Gasteiger partial charge < -0.3 is 14.9 Å². The molecule has 4 heteroatoms. The SMILES string of the molecule is CN1CC(CO)N(c2ccc(F)cc2)CC(C)(C)C1. The third-order valence-corrected chi connectivity index (χ3v) is 3.63. The van der Waals surface area contributed by atoms with Crippen LogP contribution in [0.5, 0.6) is 0 Å². The van der Waals surface area contributed by atoms with E-state index < -0.39 is 0 Å². The van der Waals surface area contributed by atoms with E-state index in [1.54, 1.807) is 12.1 Å². The number of aliphatic hydroxyl groups excluding tert-OH is 1. The molecular weight excluding hydrogens is 243 g/mol. The van der Waals surface area contributed by atoms with Crippen molar-refractivity contribution in [2.45, 2.75) is 19.9 Å². The highest BCUT2D eigenvalue weighted by atomic mass is 19.1. The molecule has 0 aromatic heterocycles. The first-order chi connectivity index (χ1) is 8.91. The smallest absolute Gasteiger partial charge is 0.123 e. The molecule has 0 amide bonds. The molecule has 1 unspecified atom stereocenters. The van der Waals surface area contributed by atoms with Gasteiger partial charge in [0.2, 0.25) is 0 Å². The first kappa shape index (κ1) is 14.3. The highest BCUT2D eigenvalue weighted by Crippen LogP contribution is 2.28. The topological polar surface area (TPSA) is 26.7 Å². The van der Waals surface area contributed by atoms with Crippen molar-refractivity contribution in [3.8, 4) is 0 Å². The lowest BCUT2D eigenvalue weighted by Crippen LogP contribution is -2.44. The van der Waals surface area contributed by atoms with Crippen molar-refractivity contribution in [2.24, 2.45) is 5.41 Å². The molecule has 1 aliphatic heterocycles. The molecular formula is C15H23FN2O. The van der Waals surface area contributed by atoms with E-state index in [1.807, 2.05) is 0 Å². The average molecular weight is 266 g/mol. The van der Waals surface area contributed by atoms with Gasteiger partial charge in [-0.1, -0.05) is 13.8 Å². The molecule has 106 valence electrons. The minimum Gasteiger partial charge on any atom is -0.394 e. The third kappa shape index (κ3) is 3.45. The predicted octanol–water partition coefficient (Wildman–Crippen LogP) is 1.96. The maximum atomic E-state index is 13.1. The fraction of sp³-hybridized carbons (Fsp3) is 0.600. The van der Waals surface area contributed by atoms with Crippen LogP contribution in [0.4, 0.5) is 10.1 Å². The Balaban J connectivity index is 2.30. The van der Waals surface area contributed by atoms with Crippen LogP contribution in [0.25, 0.3) is 0 Å². The van der Waals surface area contributed by atoms with Gasteiger partial charge in [0.1, 0.15) is 5.82 Å². The van der Waals surface area contributed by atoms with Crippen molar-refractivity contribution in [3.05, 3.63) is 30.1 Å². The molecule has 1 aliphatic rings. The number of benzene rings is 1. The highest BCUT2D eigenvalue weighted by Gasteiger charge is 2.32. The molecule has 1 saturated heterocycles. The van der Waals surface area contributed by atoms with Gasteiger partial charge in [0, 0.05) is 25.3 Å². The van der Waals surface area contributed by atoms with Crippen LogP contribution < -0.4 is 4.90 Å². The number of likely N-dealkylation sites (N-methyl/N-ethyl adjacent to an activating group) is 1. The number of hydrogen-bond donors (Lipinski definition) is 1. The second-order valence-corrected chi connectivity index (χ2v) is 6.30. The summed E-state index contributed by atoms with van der Waals surface area (Å²) in [6, 6.07) is 6.59. The number of anilines is 1. The maximum absolute atomic E-state index is 13.1. The van der Waals surface area contributed by atoms with Crippen LogP contribution in [-0.2, 0) is 0 Å². The Morgan fingerprint density at radius 3 is 2.47 bits per heavy atom. The molecule has 19 heavy (non-hydrogen) atoms. The molecule has 0 radical (unpaired) electrons. The lowest BCUT2D eigenvalue weighted by atomic mass is 9.92. The van der Waals surface area contributed by atoms with Crippen molar-refractivity contribution >= 4 is 5.69 Å². The number of halogens is 1. The van der Waals surface area contributed by atoms with Crippen molar-refractivity contribution in [3.63, 3.8) is 0 Å². The van der Waals surface area contributed by atoms with E-state index in [0.29, 0.717) is 0 Å². The lowest BCUT2D eigenvalue weighted by molar-refractivity contribution is 0.213. The second kappa shape index (κ2) is 5.47. The van der Waals surface area contributed by atoms with Crippen molar-refractivity contribution in [1.29, 1.82) is 0 Å². The van der Waals surface area contributed by atoms with Gasteiger partial charge in [-0.05, 0) is 36.7 Å². The Morgan fingerprint density at radius 2 is 1.89 bits per heavy atom. The zero-order valence-corrected chi connectivity index (χ0v) is 11.9.